The first-order valence-corrected chi connectivity index (χ1v) is 7.55. The lowest BCUT2D eigenvalue weighted by atomic mass is 10.3. The van der Waals surface area contributed by atoms with Gasteiger partial charge in [0.25, 0.3) is 10.0 Å². The molecule has 0 aromatic carbocycles. The Kier molecular flexibility index (Phi) is 6.56. The number of methoxy groups -OCH3 is 2. The van der Waals surface area contributed by atoms with E-state index in [1.807, 2.05) is 0 Å². The molecule has 0 aliphatic carbocycles. The fourth-order valence-corrected chi connectivity index (χ4v) is 3.54. The van der Waals surface area contributed by atoms with Crippen LogP contribution in [0.1, 0.15) is 12.5 Å². The van der Waals surface area contributed by atoms with E-state index < -0.39 is 16.6 Å². The maximum absolute atomic E-state index is 12.6. The summed E-state index contributed by atoms with van der Waals surface area (Å²) in [6.45, 7) is 2.04. The number of H-pyrrole nitrogens is 1. The first-order chi connectivity index (χ1) is 9.48. The summed E-state index contributed by atoms with van der Waals surface area (Å²) < 4.78 is 36.5. The fourth-order valence-electron chi connectivity index (χ4n) is 1.84. The van der Waals surface area contributed by atoms with Gasteiger partial charge in [-0.25, -0.2) is 8.42 Å². The van der Waals surface area contributed by atoms with Crippen molar-refractivity contribution >= 4 is 10.0 Å². The Labute approximate surface area is 118 Å². The topological polar surface area (TPSA) is 105 Å². The number of hydrogen-bond donors (Lipinski definition) is 2. The molecule has 1 atom stereocenters. The van der Waals surface area contributed by atoms with Crippen LogP contribution in [0.15, 0.2) is 11.2 Å². The Morgan fingerprint density at radius 3 is 2.70 bits per heavy atom. The molecular weight excluding hydrogens is 286 g/mol. The third-order valence-electron chi connectivity index (χ3n) is 2.83. The zero-order valence-corrected chi connectivity index (χ0v) is 12.7. The van der Waals surface area contributed by atoms with Gasteiger partial charge in [-0.3, -0.25) is 5.10 Å². The lowest BCUT2D eigenvalue weighted by Gasteiger charge is -2.27. The van der Waals surface area contributed by atoms with Crippen molar-refractivity contribution in [2.24, 2.45) is 0 Å². The van der Waals surface area contributed by atoms with E-state index >= 15 is 0 Å². The number of hydrogen-bond acceptors (Lipinski definition) is 6. The summed E-state index contributed by atoms with van der Waals surface area (Å²) in [7, 11) is -0.791. The second-order valence-corrected chi connectivity index (χ2v) is 6.12. The van der Waals surface area contributed by atoms with Crippen LogP contribution in [-0.4, -0.2) is 68.0 Å². The van der Waals surface area contributed by atoms with E-state index in [0.29, 0.717) is 0 Å². The molecule has 1 aromatic heterocycles. The van der Waals surface area contributed by atoms with Crippen LogP contribution in [0.5, 0.6) is 0 Å². The highest BCUT2D eigenvalue weighted by Gasteiger charge is 2.32. The maximum Gasteiger partial charge on any atom is 0.260 e. The summed E-state index contributed by atoms with van der Waals surface area (Å²) in [4.78, 5) is 0. The number of nitrogens with zero attached hydrogens (tertiary/aromatic N) is 2. The summed E-state index contributed by atoms with van der Waals surface area (Å²) in [6.07, 6.45) is 1.29. The van der Waals surface area contributed by atoms with Crippen LogP contribution in [0.3, 0.4) is 0 Å². The van der Waals surface area contributed by atoms with Gasteiger partial charge in [0.05, 0.1) is 26.0 Å². The maximum atomic E-state index is 12.6. The minimum Gasteiger partial charge on any atom is -0.392 e. The second kappa shape index (κ2) is 7.70. The molecule has 8 nitrogen and oxygen atoms in total. The molecule has 2 N–H and O–H groups in total. The average Bonchev–Trinajstić information content (AvgIpc) is 2.88. The zero-order chi connectivity index (χ0) is 15.2. The predicted octanol–water partition coefficient (Wildman–Crippen LogP) is -0.426. The van der Waals surface area contributed by atoms with Crippen molar-refractivity contribution in [1.29, 1.82) is 0 Å². The number of nitrogens with one attached hydrogen (secondary N) is 1. The molecule has 20 heavy (non-hydrogen) atoms. The number of aliphatic hydroxyl groups is 1. The molecule has 0 aliphatic rings. The quantitative estimate of drug-likeness (QED) is 0.642. The highest BCUT2D eigenvalue weighted by atomic mass is 32.2. The number of aromatic amines is 1. The van der Waals surface area contributed by atoms with Crippen molar-refractivity contribution in [3.05, 3.63) is 11.8 Å². The molecule has 1 aromatic rings. The van der Waals surface area contributed by atoms with E-state index in [9.17, 15) is 13.5 Å². The molecule has 1 rings (SSSR count). The summed E-state index contributed by atoms with van der Waals surface area (Å²) in [5, 5.41) is 15.2. The summed E-state index contributed by atoms with van der Waals surface area (Å²) in [5.41, 5.74) is 0.233. The standard InChI is InChI=1S/C11H21N3O5S/c1-9(8-19-3)14(4-5-18-2)20(16,17)11-10(7-15)6-12-13-11/h6,9,15H,4-5,7-8H2,1-3H3,(H,12,13). The monoisotopic (exact) mass is 307 g/mol. The Balaban J connectivity index is 3.10. The molecule has 0 aliphatic heterocycles. The molecule has 0 saturated carbocycles. The molecule has 0 spiro atoms. The fraction of sp³-hybridized carbons (Fsp3) is 0.727. The Morgan fingerprint density at radius 2 is 2.15 bits per heavy atom. The Hall–Kier alpha value is -1.00. The number of aromatic nitrogens is 2. The summed E-state index contributed by atoms with van der Waals surface area (Å²) in [6, 6.07) is -0.366. The molecule has 1 unspecified atom stereocenters. The summed E-state index contributed by atoms with van der Waals surface area (Å²) >= 11 is 0. The lowest BCUT2D eigenvalue weighted by molar-refractivity contribution is 0.118. The van der Waals surface area contributed by atoms with Crippen LogP contribution >= 0.6 is 0 Å². The predicted molar refractivity (Wildman–Crippen MR) is 71.6 cm³/mol. The molecule has 0 radical (unpaired) electrons. The summed E-state index contributed by atoms with van der Waals surface area (Å²) in [5.74, 6) is 0. The van der Waals surface area contributed by atoms with Gasteiger partial charge in [-0.1, -0.05) is 0 Å². The minimum atomic E-state index is -3.80. The second-order valence-electron chi connectivity index (χ2n) is 4.30. The van der Waals surface area contributed by atoms with Crippen LogP contribution < -0.4 is 0 Å². The third-order valence-corrected chi connectivity index (χ3v) is 4.86. The van der Waals surface area contributed by atoms with E-state index in [0.717, 1.165) is 0 Å². The van der Waals surface area contributed by atoms with E-state index in [1.54, 1.807) is 6.92 Å². The van der Waals surface area contributed by atoms with Crippen molar-refractivity contribution < 1.29 is 23.0 Å². The largest absolute Gasteiger partial charge is 0.392 e. The highest BCUT2D eigenvalue weighted by Crippen LogP contribution is 2.19. The van der Waals surface area contributed by atoms with Gasteiger partial charge < -0.3 is 14.6 Å². The molecule has 0 fully saturated rings. The number of ether oxygens (including phenoxy) is 2. The van der Waals surface area contributed by atoms with E-state index in [2.05, 4.69) is 10.2 Å². The van der Waals surface area contributed by atoms with Crippen LogP contribution in [0.25, 0.3) is 0 Å². The van der Waals surface area contributed by atoms with Gasteiger partial charge in [0.1, 0.15) is 0 Å². The van der Waals surface area contributed by atoms with Crippen molar-refractivity contribution in [3.8, 4) is 0 Å². The van der Waals surface area contributed by atoms with Crippen molar-refractivity contribution in [1.82, 2.24) is 14.5 Å². The van der Waals surface area contributed by atoms with E-state index in [-0.39, 0.29) is 36.4 Å². The average molecular weight is 307 g/mol. The first kappa shape index (κ1) is 17.1. The molecular formula is C11H21N3O5S. The van der Waals surface area contributed by atoms with Crippen LogP contribution in [0.2, 0.25) is 0 Å². The van der Waals surface area contributed by atoms with Gasteiger partial charge in [-0.2, -0.15) is 9.40 Å². The minimum absolute atomic E-state index is 0.0981. The van der Waals surface area contributed by atoms with E-state index in [4.69, 9.17) is 9.47 Å². The molecule has 0 amide bonds. The van der Waals surface area contributed by atoms with Crippen molar-refractivity contribution in [2.75, 3.05) is 34.0 Å². The van der Waals surface area contributed by atoms with Gasteiger partial charge >= 0.3 is 0 Å². The molecule has 9 heteroatoms. The first-order valence-electron chi connectivity index (χ1n) is 6.11. The van der Waals surface area contributed by atoms with Gasteiger partial charge in [-0.15, -0.1) is 0 Å². The molecule has 1 heterocycles. The van der Waals surface area contributed by atoms with Gasteiger partial charge in [-0.05, 0) is 6.92 Å². The smallest absolute Gasteiger partial charge is 0.260 e. The van der Waals surface area contributed by atoms with Crippen molar-refractivity contribution in [3.63, 3.8) is 0 Å². The van der Waals surface area contributed by atoms with Crippen LogP contribution in [0.4, 0.5) is 0 Å². The molecule has 0 saturated heterocycles. The SMILES string of the molecule is COCCN(C(C)COC)S(=O)(=O)c1[nH]ncc1CO. The Morgan fingerprint density at radius 1 is 1.45 bits per heavy atom. The van der Waals surface area contributed by atoms with Crippen LogP contribution in [-0.2, 0) is 26.1 Å². The Bertz CT molecular complexity index is 502. The molecule has 0 bridgehead atoms. The highest BCUT2D eigenvalue weighted by molar-refractivity contribution is 7.89. The van der Waals surface area contributed by atoms with Crippen LogP contribution in [0, 0.1) is 0 Å². The molecule has 116 valence electrons. The number of rotatable bonds is 9. The third kappa shape index (κ3) is 3.76. The van der Waals surface area contributed by atoms with Crippen molar-refractivity contribution in [2.45, 2.75) is 24.6 Å². The van der Waals surface area contributed by atoms with Gasteiger partial charge in [0.15, 0.2) is 5.03 Å². The number of aliphatic hydroxyl groups excluding tert-OH is 1. The normalized spacial score (nSPS) is 13.8. The van der Waals surface area contributed by atoms with E-state index in [1.165, 1.54) is 24.7 Å². The zero-order valence-electron chi connectivity index (χ0n) is 11.9. The lowest BCUT2D eigenvalue weighted by Crippen LogP contribution is -2.43. The number of sulfonamides is 1. The van der Waals surface area contributed by atoms with Gasteiger partial charge in [0, 0.05) is 32.4 Å². The van der Waals surface area contributed by atoms with Gasteiger partial charge in [0.2, 0.25) is 0 Å².